The van der Waals surface area contributed by atoms with E-state index in [4.69, 9.17) is 5.53 Å². The van der Waals surface area contributed by atoms with Crippen LogP contribution < -0.4 is 5.32 Å². The molecule has 2 rings (SSSR count). The van der Waals surface area contributed by atoms with Gasteiger partial charge in [-0.3, -0.25) is 14.5 Å². The number of guanidine groups is 1. The molecule has 1 aliphatic heterocycles. The number of hydrogen-bond acceptors (Lipinski definition) is 4. The zero-order chi connectivity index (χ0) is 17.9. The lowest BCUT2D eigenvalue weighted by atomic mass is 9.79. The Labute approximate surface area is 152 Å². The summed E-state index contributed by atoms with van der Waals surface area (Å²) in [5.41, 5.74) is 7.74. The van der Waals surface area contributed by atoms with Crippen LogP contribution in [-0.2, 0) is 10.3 Å². The molecule has 2 atom stereocenters. The largest absolute Gasteiger partial charge is 0.345 e. The van der Waals surface area contributed by atoms with Crippen molar-refractivity contribution in [2.75, 3.05) is 13.6 Å². The van der Waals surface area contributed by atoms with Crippen LogP contribution in [0.1, 0.15) is 18.2 Å². The van der Waals surface area contributed by atoms with E-state index in [1.165, 1.54) is 24.1 Å². The predicted molar refractivity (Wildman–Crippen MR) is 98.8 cm³/mol. The second-order valence-electron chi connectivity index (χ2n) is 5.60. The van der Waals surface area contributed by atoms with E-state index in [0.717, 1.165) is 9.35 Å². The van der Waals surface area contributed by atoms with E-state index in [9.17, 15) is 9.59 Å². The van der Waals surface area contributed by atoms with E-state index < -0.39 is 11.5 Å². The number of amides is 2. The van der Waals surface area contributed by atoms with Gasteiger partial charge in [0.25, 0.3) is 0 Å². The van der Waals surface area contributed by atoms with Gasteiger partial charge in [-0.2, -0.15) is 4.99 Å². The maximum Gasteiger partial charge on any atom is 0.234 e. The minimum atomic E-state index is -0.750. The van der Waals surface area contributed by atoms with Crippen LogP contribution in [-0.4, -0.2) is 44.0 Å². The van der Waals surface area contributed by atoms with Crippen molar-refractivity contribution in [2.45, 2.75) is 18.9 Å². The molecule has 0 unspecified atom stereocenters. The molecule has 0 saturated carbocycles. The fourth-order valence-electron chi connectivity index (χ4n) is 2.70. The summed E-state index contributed by atoms with van der Waals surface area (Å²) in [6.07, 6.45) is 0.388. The molecule has 0 aliphatic carbocycles. The molecule has 8 nitrogen and oxygen atoms in total. The highest BCUT2D eigenvalue weighted by molar-refractivity contribution is 9.10. The van der Waals surface area contributed by atoms with Crippen LogP contribution in [0.5, 0.6) is 0 Å². The maximum absolute atomic E-state index is 12.9. The van der Waals surface area contributed by atoms with Crippen molar-refractivity contribution in [3.8, 4) is 0 Å². The first-order valence-corrected chi connectivity index (χ1v) is 8.87. The number of thiophene rings is 1. The monoisotopic (exact) mass is 410 g/mol. The first kappa shape index (κ1) is 18.5. The summed E-state index contributed by atoms with van der Waals surface area (Å²) in [7, 11) is 2.90. The summed E-state index contributed by atoms with van der Waals surface area (Å²) in [4.78, 5) is 33.2. The van der Waals surface area contributed by atoms with Gasteiger partial charge in [0.15, 0.2) is 5.81 Å². The number of carbonyl (C=O) groups excluding carboxylic acids is 2. The molecule has 1 fully saturated rings. The number of aliphatic imine (C=N–C) groups is 1. The molecule has 24 heavy (non-hydrogen) atoms. The molecule has 1 aromatic heterocycles. The highest BCUT2D eigenvalue weighted by atomic mass is 79.9. The van der Waals surface area contributed by atoms with Crippen LogP contribution in [0.25, 0.3) is 10.4 Å². The van der Waals surface area contributed by atoms with E-state index >= 15 is 0 Å². The Morgan fingerprint density at radius 3 is 2.92 bits per heavy atom. The smallest absolute Gasteiger partial charge is 0.234 e. The van der Waals surface area contributed by atoms with Gasteiger partial charge < -0.3 is 5.32 Å². The SMILES string of the molecule is BC(=O)/N=C1\N[C@](C)(c2cc(Br)cs2)[C@@H](CCN=[N+]=[N-])C(=O)N1C. The standard InChI is InChI=1S/C13H16BBrN6O2S/c1-13(9-5-7(15)6-24-9)8(3-4-17-20-16)10(22)21(2)12(19-13)18-11(14)23/h5-6,8H,3-4,14H2,1-2H3,(H,18,19,23)/t8-,13-/m0/s1. The molecule has 2 amide bonds. The van der Waals surface area contributed by atoms with Gasteiger partial charge in [-0.25, -0.2) is 0 Å². The highest BCUT2D eigenvalue weighted by Crippen LogP contribution is 2.40. The van der Waals surface area contributed by atoms with Crippen molar-refractivity contribution in [1.29, 1.82) is 0 Å². The summed E-state index contributed by atoms with van der Waals surface area (Å²) in [5, 5.41) is 8.71. The van der Waals surface area contributed by atoms with Gasteiger partial charge in [0.1, 0.15) is 0 Å². The van der Waals surface area contributed by atoms with Gasteiger partial charge in [-0.05, 0) is 40.9 Å². The lowest BCUT2D eigenvalue weighted by Gasteiger charge is -2.45. The van der Waals surface area contributed by atoms with Crippen LogP contribution in [0.3, 0.4) is 0 Å². The van der Waals surface area contributed by atoms with Crippen LogP contribution in [0, 0.1) is 5.92 Å². The average Bonchev–Trinajstić information content (AvgIpc) is 2.95. The molecular formula is C13H16BBrN6O2S. The van der Waals surface area contributed by atoms with Crippen molar-refractivity contribution >= 4 is 52.8 Å². The molecule has 1 N–H and O–H groups in total. The van der Waals surface area contributed by atoms with Crippen LogP contribution in [0.2, 0.25) is 0 Å². The lowest BCUT2D eigenvalue weighted by Crippen LogP contribution is -2.64. The summed E-state index contributed by atoms with van der Waals surface area (Å²) in [6, 6.07) is 1.93. The third kappa shape index (κ3) is 3.63. The molecule has 0 aromatic carbocycles. The van der Waals surface area contributed by atoms with Gasteiger partial charge in [0, 0.05) is 33.2 Å². The summed E-state index contributed by atoms with van der Waals surface area (Å²) >= 11 is 4.92. The van der Waals surface area contributed by atoms with Crippen LogP contribution >= 0.6 is 27.3 Å². The third-order valence-corrected chi connectivity index (χ3v) is 5.87. The average molecular weight is 411 g/mol. The number of carbonyl (C=O) groups is 2. The molecule has 2 heterocycles. The number of nitrogens with zero attached hydrogens (tertiary/aromatic N) is 5. The minimum Gasteiger partial charge on any atom is -0.345 e. The van der Waals surface area contributed by atoms with E-state index in [0.29, 0.717) is 6.42 Å². The van der Waals surface area contributed by atoms with Crippen molar-refractivity contribution in [2.24, 2.45) is 16.0 Å². The Bertz CT molecular complexity index is 747. The van der Waals surface area contributed by atoms with Crippen LogP contribution in [0.15, 0.2) is 26.0 Å². The fourth-order valence-corrected chi connectivity index (χ4v) is 4.30. The van der Waals surface area contributed by atoms with E-state index in [1.54, 1.807) is 7.05 Å². The van der Waals surface area contributed by atoms with Gasteiger partial charge in [-0.15, -0.1) is 11.3 Å². The Morgan fingerprint density at radius 1 is 1.67 bits per heavy atom. The normalized spacial score (nSPS) is 25.3. The lowest BCUT2D eigenvalue weighted by molar-refractivity contribution is -0.135. The highest BCUT2D eigenvalue weighted by Gasteiger charge is 2.48. The number of hydrogen-bond donors (Lipinski definition) is 1. The van der Waals surface area contributed by atoms with E-state index in [-0.39, 0.29) is 24.2 Å². The molecule has 126 valence electrons. The zero-order valence-corrected chi connectivity index (χ0v) is 15.9. The Morgan fingerprint density at radius 2 is 2.38 bits per heavy atom. The Kier molecular flexibility index (Phi) is 5.68. The Hall–Kier alpha value is -1.84. The van der Waals surface area contributed by atoms with Gasteiger partial charge in [0.05, 0.1) is 11.5 Å². The van der Waals surface area contributed by atoms with Crippen molar-refractivity contribution in [1.82, 2.24) is 10.2 Å². The Balaban J connectivity index is 2.48. The first-order valence-electron chi connectivity index (χ1n) is 7.20. The third-order valence-electron chi connectivity index (χ3n) is 3.94. The van der Waals surface area contributed by atoms with Crippen LogP contribution in [0.4, 0.5) is 4.79 Å². The molecular weight excluding hydrogens is 395 g/mol. The topological polar surface area (TPSA) is 111 Å². The zero-order valence-electron chi connectivity index (χ0n) is 13.5. The van der Waals surface area contributed by atoms with E-state index in [1.807, 2.05) is 18.4 Å². The van der Waals surface area contributed by atoms with Gasteiger partial charge >= 0.3 is 0 Å². The molecule has 1 aromatic rings. The summed E-state index contributed by atoms with van der Waals surface area (Å²) in [5.74, 6) is -0.794. The van der Waals surface area contributed by atoms with Crippen molar-refractivity contribution < 1.29 is 9.59 Å². The van der Waals surface area contributed by atoms with E-state index in [2.05, 4.69) is 36.3 Å². The minimum absolute atomic E-state index is 0.172. The second kappa shape index (κ2) is 7.37. The number of nitrogens with one attached hydrogen (secondary N) is 1. The quantitative estimate of drug-likeness (QED) is 0.355. The molecule has 0 radical (unpaired) electrons. The molecule has 1 aliphatic rings. The fraction of sp³-hybridized carbons (Fsp3) is 0.462. The number of azide groups is 1. The molecule has 11 heteroatoms. The molecule has 0 bridgehead atoms. The maximum atomic E-state index is 12.9. The van der Waals surface area contributed by atoms with Gasteiger partial charge in [-0.1, -0.05) is 5.11 Å². The van der Waals surface area contributed by atoms with Crippen molar-refractivity contribution in [3.63, 3.8) is 0 Å². The second-order valence-corrected chi connectivity index (χ2v) is 7.43. The summed E-state index contributed by atoms with van der Waals surface area (Å²) < 4.78 is 0.913. The summed E-state index contributed by atoms with van der Waals surface area (Å²) in [6.45, 7) is 2.11. The number of rotatable bonds is 4. The van der Waals surface area contributed by atoms with Crippen molar-refractivity contribution in [3.05, 3.63) is 31.2 Å². The molecule has 1 saturated heterocycles. The molecule has 0 spiro atoms. The first-order chi connectivity index (χ1) is 11.3. The van der Waals surface area contributed by atoms with Gasteiger partial charge in [0.2, 0.25) is 19.7 Å². The predicted octanol–water partition coefficient (Wildman–Crippen LogP) is 2.21. The number of halogens is 1.